The Bertz CT molecular complexity index is 781. The number of nitrogens with zero attached hydrogens (tertiary/aromatic N) is 3. The first-order valence-electron chi connectivity index (χ1n) is 8.36. The second-order valence-corrected chi connectivity index (χ2v) is 7.21. The summed E-state index contributed by atoms with van der Waals surface area (Å²) < 4.78 is 5.30. The van der Waals surface area contributed by atoms with Crippen LogP contribution < -0.4 is 5.32 Å². The Morgan fingerprint density at radius 1 is 1.38 bits per heavy atom. The van der Waals surface area contributed by atoms with E-state index in [1.165, 1.54) is 11.3 Å². The molecule has 2 heterocycles. The Hall–Kier alpha value is -1.98. The van der Waals surface area contributed by atoms with Crippen molar-refractivity contribution in [3.8, 4) is 17.3 Å². The number of nitriles is 1. The van der Waals surface area contributed by atoms with Gasteiger partial charge in [-0.25, -0.2) is 4.98 Å². The van der Waals surface area contributed by atoms with Crippen molar-refractivity contribution in [1.82, 2.24) is 15.2 Å². The molecule has 6 nitrogen and oxygen atoms in total. The molecule has 1 amide bonds. The van der Waals surface area contributed by atoms with Gasteiger partial charge in [0.1, 0.15) is 5.01 Å². The van der Waals surface area contributed by atoms with E-state index in [-0.39, 0.29) is 5.91 Å². The van der Waals surface area contributed by atoms with Gasteiger partial charge >= 0.3 is 0 Å². The van der Waals surface area contributed by atoms with Gasteiger partial charge in [0.05, 0.1) is 25.0 Å². The van der Waals surface area contributed by atoms with Crippen LogP contribution in [-0.4, -0.2) is 55.2 Å². The van der Waals surface area contributed by atoms with Crippen molar-refractivity contribution in [2.24, 2.45) is 0 Å². The van der Waals surface area contributed by atoms with Gasteiger partial charge in [-0.1, -0.05) is 23.7 Å². The van der Waals surface area contributed by atoms with Gasteiger partial charge in [-0.15, -0.1) is 11.3 Å². The lowest BCUT2D eigenvalue weighted by atomic mass is 10.1. The SMILES string of the molecule is N#C[C@@H](C(=O)NCCN1CCOCC1)c1nc(-c2ccc(Cl)cc2)cs1. The molecule has 1 aromatic heterocycles. The van der Waals surface area contributed by atoms with Gasteiger partial charge in [0.25, 0.3) is 0 Å². The molecular weight excluding hydrogens is 372 g/mol. The third-order valence-corrected chi connectivity index (χ3v) is 5.29. The standard InChI is InChI=1S/C18H19ClN4O2S/c19-14-3-1-13(2-4-14)16-12-26-18(22-16)15(11-20)17(24)21-5-6-23-7-9-25-10-8-23/h1-4,12,15H,5-10H2,(H,21,24)/t15-/m0/s1. The Morgan fingerprint density at radius 2 is 2.12 bits per heavy atom. The lowest BCUT2D eigenvalue weighted by Gasteiger charge is -2.26. The molecule has 2 aromatic rings. The Balaban J connectivity index is 1.58. The number of benzene rings is 1. The van der Waals surface area contributed by atoms with Gasteiger partial charge in [0.15, 0.2) is 5.92 Å². The van der Waals surface area contributed by atoms with Crippen molar-refractivity contribution in [1.29, 1.82) is 5.26 Å². The number of rotatable bonds is 6. The summed E-state index contributed by atoms with van der Waals surface area (Å²) in [4.78, 5) is 19.1. The van der Waals surface area contributed by atoms with E-state index < -0.39 is 5.92 Å². The number of hydrogen-bond acceptors (Lipinski definition) is 6. The molecule has 0 bridgehead atoms. The number of morpholine rings is 1. The predicted molar refractivity (Wildman–Crippen MR) is 101 cm³/mol. The number of carbonyl (C=O) groups excluding carboxylic acids is 1. The van der Waals surface area contributed by atoms with Crippen LogP contribution in [0.15, 0.2) is 29.6 Å². The number of aromatic nitrogens is 1. The number of thiazole rings is 1. The predicted octanol–water partition coefficient (Wildman–Crippen LogP) is 2.52. The van der Waals surface area contributed by atoms with Crippen molar-refractivity contribution in [3.05, 3.63) is 39.7 Å². The molecule has 1 aliphatic rings. The molecule has 0 aliphatic carbocycles. The van der Waals surface area contributed by atoms with E-state index in [9.17, 15) is 10.1 Å². The average Bonchev–Trinajstić information content (AvgIpc) is 3.13. The molecule has 1 aliphatic heterocycles. The van der Waals surface area contributed by atoms with E-state index in [1.54, 1.807) is 12.1 Å². The third-order valence-electron chi connectivity index (χ3n) is 4.13. The molecule has 1 atom stereocenters. The smallest absolute Gasteiger partial charge is 0.244 e. The number of carbonyl (C=O) groups is 1. The van der Waals surface area contributed by atoms with Crippen LogP contribution in [0, 0.1) is 11.3 Å². The minimum atomic E-state index is -0.897. The van der Waals surface area contributed by atoms with Gasteiger partial charge in [-0.05, 0) is 12.1 Å². The highest BCUT2D eigenvalue weighted by atomic mass is 35.5. The molecular formula is C18H19ClN4O2S. The first-order valence-corrected chi connectivity index (χ1v) is 9.62. The summed E-state index contributed by atoms with van der Waals surface area (Å²) in [6, 6.07) is 9.37. The molecule has 0 spiro atoms. The molecule has 3 rings (SSSR count). The van der Waals surface area contributed by atoms with Crippen LogP contribution in [0.5, 0.6) is 0 Å². The minimum Gasteiger partial charge on any atom is -0.379 e. The Morgan fingerprint density at radius 3 is 2.81 bits per heavy atom. The summed E-state index contributed by atoms with van der Waals surface area (Å²) >= 11 is 7.22. The van der Waals surface area contributed by atoms with E-state index >= 15 is 0 Å². The van der Waals surface area contributed by atoms with Crippen LogP contribution in [0.2, 0.25) is 5.02 Å². The topological polar surface area (TPSA) is 78.2 Å². The van der Waals surface area contributed by atoms with Crippen LogP contribution in [0.25, 0.3) is 11.3 Å². The average molecular weight is 391 g/mol. The maximum Gasteiger partial charge on any atom is 0.244 e. The summed E-state index contributed by atoms with van der Waals surface area (Å²) in [6.45, 7) is 4.44. The van der Waals surface area contributed by atoms with Crippen molar-refractivity contribution >= 4 is 28.8 Å². The van der Waals surface area contributed by atoms with Crippen molar-refractivity contribution in [2.45, 2.75) is 5.92 Å². The molecule has 136 valence electrons. The molecule has 26 heavy (non-hydrogen) atoms. The maximum absolute atomic E-state index is 12.4. The monoisotopic (exact) mass is 390 g/mol. The van der Waals surface area contributed by atoms with Crippen LogP contribution in [0.4, 0.5) is 0 Å². The van der Waals surface area contributed by atoms with Crippen LogP contribution >= 0.6 is 22.9 Å². The van der Waals surface area contributed by atoms with Gasteiger partial charge in [0, 0.05) is 42.1 Å². The lowest BCUT2D eigenvalue weighted by Crippen LogP contribution is -2.42. The molecule has 0 radical (unpaired) electrons. The van der Waals surface area contributed by atoms with E-state index in [0.717, 1.165) is 44.1 Å². The largest absolute Gasteiger partial charge is 0.379 e. The lowest BCUT2D eigenvalue weighted by molar-refractivity contribution is -0.121. The van der Waals surface area contributed by atoms with Gasteiger partial charge in [-0.3, -0.25) is 9.69 Å². The van der Waals surface area contributed by atoms with Crippen molar-refractivity contribution < 1.29 is 9.53 Å². The second-order valence-electron chi connectivity index (χ2n) is 5.89. The molecule has 1 N–H and O–H groups in total. The molecule has 1 fully saturated rings. The first kappa shape index (κ1) is 18.8. The molecule has 0 unspecified atom stereocenters. The molecule has 1 saturated heterocycles. The zero-order chi connectivity index (χ0) is 18.4. The summed E-state index contributed by atoms with van der Waals surface area (Å²) in [6.07, 6.45) is 0. The summed E-state index contributed by atoms with van der Waals surface area (Å²) in [5.41, 5.74) is 1.64. The highest BCUT2D eigenvalue weighted by Gasteiger charge is 2.24. The van der Waals surface area contributed by atoms with E-state index in [2.05, 4.69) is 21.3 Å². The number of ether oxygens (including phenoxy) is 1. The van der Waals surface area contributed by atoms with Crippen LogP contribution in [-0.2, 0) is 9.53 Å². The van der Waals surface area contributed by atoms with Crippen LogP contribution in [0.1, 0.15) is 10.9 Å². The highest BCUT2D eigenvalue weighted by molar-refractivity contribution is 7.10. The zero-order valence-electron chi connectivity index (χ0n) is 14.2. The first-order chi connectivity index (χ1) is 12.7. The number of hydrogen-bond donors (Lipinski definition) is 1. The van der Waals surface area contributed by atoms with Crippen LogP contribution in [0.3, 0.4) is 0 Å². The molecule has 1 aromatic carbocycles. The zero-order valence-corrected chi connectivity index (χ0v) is 15.7. The van der Waals surface area contributed by atoms with Crippen molar-refractivity contribution in [3.63, 3.8) is 0 Å². The number of halogens is 1. The number of nitrogens with one attached hydrogen (secondary N) is 1. The Labute approximate surface area is 161 Å². The van der Waals surface area contributed by atoms with Gasteiger partial charge in [0.2, 0.25) is 5.91 Å². The summed E-state index contributed by atoms with van der Waals surface area (Å²) in [5, 5.41) is 15.3. The number of amides is 1. The fraction of sp³-hybridized carbons (Fsp3) is 0.389. The van der Waals surface area contributed by atoms with E-state index in [0.29, 0.717) is 16.6 Å². The van der Waals surface area contributed by atoms with Gasteiger partial charge in [-0.2, -0.15) is 5.26 Å². The minimum absolute atomic E-state index is 0.308. The second kappa shape index (κ2) is 9.10. The van der Waals surface area contributed by atoms with E-state index in [4.69, 9.17) is 16.3 Å². The maximum atomic E-state index is 12.4. The quantitative estimate of drug-likeness (QED) is 0.819. The Kier molecular flexibility index (Phi) is 6.58. The highest BCUT2D eigenvalue weighted by Crippen LogP contribution is 2.27. The van der Waals surface area contributed by atoms with Gasteiger partial charge < -0.3 is 10.1 Å². The fourth-order valence-corrected chi connectivity index (χ4v) is 3.66. The third kappa shape index (κ3) is 4.80. The van der Waals surface area contributed by atoms with Crippen molar-refractivity contribution in [2.75, 3.05) is 39.4 Å². The summed E-state index contributed by atoms with van der Waals surface area (Å²) in [5.74, 6) is -1.21. The fourth-order valence-electron chi connectivity index (χ4n) is 2.66. The molecule has 0 saturated carbocycles. The normalized spacial score (nSPS) is 16.0. The molecule has 8 heteroatoms. The summed E-state index contributed by atoms with van der Waals surface area (Å²) in [7, 11) is 0. The van der Waals surface area contributed by atoms with E-state index in [1.807, 2.05) is 17.5 Å².